The maximum Gasteiger partial charge on any atom is 0.203 e. The quantitative estimate of drug-likeness (QED) is 0.464. The molecule has 0 bridgehead atoms. The third-order valence-electron chi connectivity index (χ3n) is 3.71. The topological polar surface area (TPSA) is 60.0 Å². The van der Waals surface area contributed by atoms with Crippen LogP contribution in [0.3, 0.4) is 0 Å². The second-order valence-electron chi connectivity index (χ2n) is 5.14. The fourth-order valence-electron chi connectivity index (χ4n) is 2.50. The second-order valence-corrected chi connectivity index (χ2v) is 6.60. The molecule has 0 fully saturated rings. The molecular weight excluding hydrogens is 358 g/mol. The van der Waals surface area contributed by atoms with E-state index in [1.54, 1.807) is 12.1 Å². The Morgan fingerprint density at radius 2 is 1.68 bits per heavy atom. The van der Waals surface area contributed by atoms with Gasteiger partial charge in [0.1, 0.15) is 10.7 Å². The van der Waals surface area contributed by atoms with Gasteiger partial charge in [-0.3, -0.25) is 0 Å². The molecule has 0 spiro atoms. The number of ether oxygens (including phenoxy) is 3. The number of para-hydroxylation sites is 1. The Kier molecular flexibility index (Phi) is 5.06. The van der Waals surface area contributed by atoms with Gasteiger partial charge in [0.15, 0.2) is 11.5 Å². The molecule has 0 atom stereocenters. The van der Waals surface area contributed by atoms with E-state index in [2.05, 4.69) is 5.32 Å². The van der Waals surface area contributed by atoms with Gasteiger partial charge in [-0.05, 0) is 24.3 Å². The fourth-order valence-corrected chi connectivity index (χ4v) is 3.78. The first-order valence-corrected chi connectivity index (χ1v) is 8.63. The van der Waals surface area contributed by atoms with Crippen LogP contribution in [0.1, 0.15) is 5.56 Å². The lowest BCUT2D eigenvalue weighted by Gasteiger charge is -2.22. The second kappa shape index (κ2) is 7.25. The van der Waals surface area contributed by atoms with Gasteiger partial charge in [0.2, 0.25) is 5.75 Å². The largest absolute Gasteiger partial charge is 0.506 e. The van der Waals surface area contributed by atoms with E-state index in [0.29, 0.717) is 32.7 Å². The summed E-state index contributed by atoms with van der Waals surface area (Å²) in [6, 6.07) is 11.2. The minimum Gasteiger partial charge on any atom is -0.506 e. The SMILES string of the molecule is COc1cc(/C(O)=C2/Sc3ccccc3NC2=S)cc(OC)c1OC. The average Bonchev–Trinajstić information content (AvgIpc) is 2.65. The lowest BCUT2D eigenvalue weighted by atomic mass is 10.1. The molecule has 2 N–H and O–H groups in total. The van der Waals surface area contributed by atoms with Crippen molar-refractivity contribution in [3.63, 3.8) is 0 Å². The summed E-state index contributed by atoms with van der Waals surface area (Å²) in [5.74, 6) is 1.44. The molecule has 2 aromatic carbocycles. The summed E-state index contributed by atoms with van der Waals surface area (Å²) < 4.78 is 16.0. The number of rotatable bonds is 4. The molecule has 1 heterocycles. The van der Waals surface area contributed by atoms with Crippen LogP contribution in [0.5, 0.6) is 17.2 Å². The molecule has 2 aromatic rings. The molecule has 5 nitrogen and oxygen atoms in total. The van der Waals surface area contributed by atoms with Crippen LogP contribution in [0.25, 0.3) is 5.76 Å². The highest BCUT2D eigenvalue weighted by molar-refractivity contribution is 8.05. The molecule has 1 aliphatic rings. The first kappa shape index (κ1) is 17.4. The van der Waals surface area contributed by atoms with Crippen molar-refractivity contribution < 1.29 is 19.3 Å². The molecule has 1 aliphatic heterocycles. The lowest BCUT2D eigenvalue weighted by Crippen LogP contribution is -2.16. The average molecular weight is 375 g/mol. The van der Waals surface area contributed by atoms with Crippen LogP contribution in [0.2, 0.25) is 0 Å². The molecule has 0 saturated heterocycles. The van der Waals surface area contributed by atoms with Crippen molar-refractivity contribution in [2.75, 3.05) is 26.6 Å². The molecule has 0 amide bonds. The van der Waals surface area contributed by atoms with Gasteiger partial charge in [0, 0.05) is 10.5 Å². The monoisotopic (exact) mass is 375 g/mol. The molecule has 0 aromatic heterocycles. The standard InChI is InChI=1S/C18H17NO4S2/c1-21-12-8-10(9-13(22-2)16(12)23-3)15(20)17-18(24)19-11-6-4-5-7-14(11)25-17/h4-9,20H,1-3H3,(H,19,24)/b17-15-. The summed E-state index contributed by atoms with van der Waals surface area (Å²) in [6.07, 6.45) is 0. The Labute approximate surface area is 155 Å². The van der Waals surface area contributed by atoms with E-state index >= 15 is 0 Å². The Balaban J connectivity index is 2.10. The van der Waals surface area contributed by atoms with Crippen molar-refractivity contribution >= 4 is 40.4 Å². The molecule has 0 unspecified atom stereocenters. The van der Waals surface area contributed by atoms with E-state index in [9.17, 15) is 5.11 Å². The van der Waals surface area contributed by atoms with E-state index < -0.39 is 0 Å². The minimum absolute atomic E-state index is 0.0521. The lowest BCUT2D eigenvalue weighted by molar-refractivity contribution is 0.324. The summed E-state index contributed by atoms with van der Waals surface area (Å²) in [5, 5.41) is 14.0. The Morgan fingerprint density at radius 1 is 1.04 bits per heavy atom. The number of anilines is 1. The molecule has 0 saturated carbocycles. The van der Waals surface area contributed by atoms with Crippen molar-refractivity contribution in [3.8, 4) is 17.2 Å². The van der Waals surface area contributed by atoms with Crippen LogP contribution < -0.4 is 19.5 Å². The first-order valence-electron chi connectivity index (χ1n) is 7.41. The summed E-state index contributed by atoms with van der Waals surface area (Å²) in [6.45, 7) is 0. The Morgan fingerprint density at radius 3 is 2.28 bits per heavy atom. The number of benzene rings is 2. The molecule has 3 rings (SSSR count). The number of methoxy groups -OCH3 is 3. The number of aliphatic hydroxyl groups is 1. The van der Waals surface area contributed by atoms with E-state index in [1.165, 1.54) is 33.1 Å². The van der Waals surface area contributed by atoms with Crippen molar-refractivity contribution in [2.24, 2.45) is 0 Å². The van der Waals surface area contributed by atoms with Gasteiger partial charge in [-0.15, -0.1) is 0 Å². The number of hydrogen-bond donors (Lipinski definition) is 2. The van der Waals surface area contributed by atoms with Crippen LogP contribution in [-0.4, -0.2) is 31.4 Å². The highest BCUT2D eigenvalue weighted by Crippen LogP contribution is 2.44. The number of thioether (sulfide) groups is 1. The van der Waals surface area contributed by atoms with Gasteiger partial charge in [-0.2, -0.15) is 0 Å². The van der Waals surface area contributed by atoms with Crippen molar-refractivity contribution in [3.05, 3.63) is 46.9 Å². The van der Waals surface area contributed by atoms with Crippen molar-refractivity contribution in [2.45, 2.75) is 4.90 Å². The van der Waals surface area contributed by atoms with E-state index in [4.69, 9.17) is 26.4 Å². The van der Waals surface area contributed by atoms with Gasteiger partial charge >= 0.3 is 0 Å². The van der Waals surface area contributed by atoms with Crippen LogP contribution in [0.15, 0.2) is 46.2 Å². The van der Waals surface area contributed by atoms with Gasteiger partial charge in [0.05, 0.1) is 31.9 Å². The van der Waals surface area contributed by atoms with Crippen molar-refractivity contribution in [1.82, 2.24) is 0 Å². The molecule has 0 radical (unpaired) electrons. The molecular formula is C18H17NO4S2. The molecule has 25 heavy (non-hydrogen) atoms. The van der Waals surface area contributed by atoms with Crippen LogP contribution >= 0.6 is 24.0 Å². The number of nitrogens with one attached hydrogen (secondary N) is 1. The predicted octanol–water partition coefficient (Wildman–Crippen LogP) is 4.48. The summed E-state index contributed by atoms with van der Waals surface area (Å²) >= 11 is 6.83. The van der Waals surface area contributed by atoms with Gasteiger partial charge in [-0.25, -0.2) is 0 Å². The maximum atomic E-state index is 10.8. The first-order chi connectivity index (χ1) is 12.1. The van der Waals surface area contributed by atoms with Crippen LogP contribution in [0, 0.1) is 0 Å². The molecule has 0 aliphatic carbocycles. The minimum atomic E-state index is 0.0521. The number of aliphatic hydroxyl groups excluding tert-OH is 1. The predicted molar refractivity (Wildman–Crippen MR) is 104 cm³/mol. The van der Waals surface area contributed by atoms with Crippen LogP contribution in [-0.2, 0) is 0 Å². The normalized spacial score (nSPS) is 15.1. The smallest absolute Gasteiger partial charge is 0.203 e. The van der Waals surface area contributed by atoms with E-state index in [-0.39, 0.29) is 5.76 Å². The summed E-state index contributed by atoms with van der Waals surface area (Å²) in [4.78, 5) is 2.03. The third kappa shape index (κ3) is 3.25. The fraction of sp³-hybridized carbons (Fsp3) is 0.167. The Bertz CT molecular complexity index is 839. The molecule has 130 valence electrons. The number of fused-ring (bicyclic) bond motifs is 1. The summed E-state index contributed by atoms with van der Waals surface area (Å²) in [7, 11) is 4.59. The number of thiocarbonyl (C=S) groups is 1. The van der Waals surface area contributed by atoms with Gasteiger partial charge in [0.25, 0.3) is 0 Å². The van der Waals surface area contributed by atoms with Gasteiger partial charge < -0.3 is 24.6 Å². The third-order valence-corrected chi connectivity index (χ3v) is 5.32. The number of hydrogen-bond acceptors (Lipinski definition) is 6. The molecule has 7 heteroatoms. The highest BCUT2D eigenvalue weighted by atomic mass is 32.2. The zero-order valence-corrected chi connectivity index (χ0v) is 15.6. The van der Waals surface area contributed by atoms with E-state index in [1.807, 2.05) is 24.3 Å². The zero-order chi connectivity index (χ0) is 18.0. The maximum absolute atomic E-state index is 10.8. The van der Waals surface area contributed by atoms with E-state index in [0.717, 1.165) is 10.6 Å². The van der Waals surface area contributed by atoms with Crippen molar-refractivity contribution in [1.29, 1.82) is 0 Å². The van der Waals surface area contributed by atoms with Gasteiger partial charge in [-0.1, -0.05) is 36.1 Å². The van der Waals surface area contributed by atoms with Crippen LogP contribution in [0.4, 0.5) is 5.69 Å². The Hall–Kier alpha value is -2.38. The highest BCUT2D eigenvalue weighted by Gasteiger charge is 2.24. The summed E-state index contributed by atoms with van der Waals surface area (Å²) in [5.41, 5.74) is 1.46. The zero-order valence-electron chi connectivity index (χ0n) is 14.0.